The van der Waals surface area contributed by atoms with Crippen LogP contribution in [0, 0.1) is 18.8 Å². The van der Waals surface area contributed by atoms with E-state index in [1.165, 1.54) is 11.3 Å². The van der Waals surface area contributed by atoms with Crippen molar-refractivity contribution < 1.29 is 9.90 Å². The van der Waals surface area contributed by atoms with E-state index in [2.05, 4.69) is 17.2 Å². The van der Waals surface area contributed by atoms with Gasteiger partial charge in [0.05, 0.1) is 10.9 Å². The molecule has 0 saturated heterocycles. The molecule has 108 valence electrons. The van der Waals surface area contributed by atoms with Crippen LogP contribution in [0.3, 0.4) is 0 Å². The Morgan fingerprint density at radius 2 is 2.05 bits per heavy atom. The summed E-state index contributed by atoms with van der Waals surface area (Å²) in [5, 5.41) is 13.6. The first-order valence-electron chi connectivity index (χ1n) is 6.66. The van der Waals surface area contributed by atoms with Crippen molar-refractivity contribution in [1.29, 1.82) is 0 Å². The standard InChI is InChI=1S/C17H17NO2S/c1-12-9-11-21-16(12)17(20)18-13(2)15-7-5-14(6-8-15)4-3-10-19/h5-9,11,13,19H,10H2,1-2H3,(H,18,20). The van der Waals surface area contributed by atoms with Crippen LogP contribution < -0.4 is 5.32 Å². The Bertz CT molecular complexity index is 677. The number of thiophene rings is 1. The summed E-state index contributed by atoms with van der Waals surface area (Å²) in [6.07, 6.45) is 0. The van der Waals surface area contributed by atoms with E-state index >= 15 is 0 Å². The highest BCUT2D eigenvalue weighted by Gasteiger charge is 2.14. The molecular weight excluding hydrogens is 282 g/mol. The van der Waals surface area contributed by atoms with Gasteiger partial charge in [-0.15, -0.1) is 11.3 Å². The zero-order valence-corrected chi connectivity index (χ0v) is 12.8. The van der Waals surface area contributed by atoms with Gasteiger partial charge in [-0.1, -0.05) is 24.0 Å². The number of carbonyl (C=O) groups excluding carboxylic acids is 1. The van der Waals surface area contributed by atoms with Gasteiger partial charge in [0, 0.05) is 5.56 Å². The molecule has 2 rings (SSSR count). The van der Waals surface area contributed by atoms with Crippen LogP contribution in [0.4, 0.5) is 0 Å². The minimum atomic E-state index is -0.144. The molecule has 2 aromatic rings. The summed E-state index contributed by atoms with van der Waals surface area (Å²) in [5.74, 6) is 5.41. The number of nitrogens with one attached hydrogen (secondary N) is 1. The van der Waals surface area contributed by atoms with E-state index in [4.69, 9.17) is 5.11 Å². The van der Waals surface area contributed by atoms with Crippen LogP contribution in [0.5, 0.6) is 0 Å². The Hall–Kier alpha value is -2.09. The second-order valence-electron chi connectivity index (χ2n) is 4.71. The number of hydrogen-bond acceptors (Lipinski definition) is 3. The van der Waals surface area contributed by atoms with E-state index in [1.54, 1.807) is 0 Å². The van der Waals surface area contributed by atoms with Gasteiger partial charge in [0.15, 0.2) is 0 Å². The van der Waals surface area contributed by atoms with E-state index in [-0.39, 0.29) is 18.6 Å². The Kier molecular flexibility index (Phi) is 5.15. The lowest BCUT2D eigenvalue weighted by atomic mass is 10.1. The normalized spacial score (nSPS) is 11.4. The number of aryl methyl sites for hydroxylation is 1. The van der Waals surface area contributed by atoms with Gasteiger partial charge in [-0.3, -0.25) is 4.79 Å². The predicted molar refractivity (Wildman–Crippen MR) is 85.3 cm³/mol. The average Bonchev–Trinajstić information content (AvgIpc) is 2.91. The molecule has 3 nitrogen and oxygen atoms in total. The van der Waals surface area contributed by atoms with Gasteiger partial charge in [-0.05, 0) is 48.6 Å². The Morgan fingerprint density at radius 1 is 1.33 bits per heavy atom. The van der Waals surface area contributed by atoms with Crippen molar-refractivity contribution in [3.8, 4) is 11.8 Å². The van der Waals surface area contributed by atoms with Crippen molar-refractivity contribution in [2.45, 2.75) is 19.9 Å². The first-order valence-corrected chi connectivity index (χ1v) is 7.54. The largest absolute Gasteiger partial charge is 0.384 e. The highest BCUT2D eigenvalue weighted by Crippen LogP contribution is 2.18. The second-order valence-corrected chi connectivity index (χ2v) is 5.63. The summed E-state index contributed by atoms with van der Waals surface area (Å²) >= 11 is 1.45. The van der Waals surface area contributed by atoms with Gasteiger partial charge < -0.3 is 10.4 Å². The highest BCUT2D eigenvalue weighted by molar-refractivity contribution is 7.12. The minimum absolute atomic E-state index is 0.0425. The van der Waals surface area contributed by atoms with Gasteiger partial charge >= 0.3 is 0 Å². The maximum Gasteiger partial charge on any atom is 0.262 e. The summed E-state index contributed by atoms with van der Waals surface area (Å²) in [5.41, 5.74) is 2.87. The van der Waals surface area contributed by atoms with Crippen LogP contribution >= 0.6 is 11.3 Å². The number of rotatable bonds is 3. The molecule has 1 heterocycles. The summed E-state index contributed by atoms with van der Waals surface area (Å²) in [6.45, 7) is 3.74. The van der Waals surface area contributed by atoms with Crippen LogP contribution in [0.1, 0.15) is 39.3 Å². The molecule has 1 atom stereocenters. The molecule has 0 aliphatic heterocycles. The number of aliphatic hydroxyl groups is 1. The van der Waals surface area contributed by atoms with E-state index in [1.807, 2.05) is 49.6 Å². The molecule has 4 heteroatoms. The molecular formula is C17H17NO2S. The maximum atomic E-state index is 12.2. The molecule has 0 spiro atoms. The van der Waals surface area contributed by atoms with Crippen molar-refractivity contribution in [1.82, 2.24) is 5.32 Å². The molecule has 2 N–H and O–H groups in total. The third-order valence-corrected chi connectivity index (χ3v) is 4.15. The number of benzene rings is 1. The number of amides is 1. The first kappa shape index (κ1) is 15.3. The fourth-order valence-electron chi connectivity index (χ4n) is 1.95. The molecule has 1 aromatic carbocycles. The maximum absolute atomic E-state index is 12.2. The van der Waals surface area contributed by atoms with E-state index < -0.39 is 0 Å². The summed E-state index contributed by atoms with van der Waals surface area (Å²) in [4.78, 5) is 12.9. The lowest BCUT2D eigenvalue weighted by Crippen LogP contribution is -2.26. The van der Waals surface area contributed by atoms with E-state index in [0.717, 1.165) is 21.6 Å². The van der Waals surface area contributed by atoms with Crippen LogP contribution in [0.25, 0.3) is 0 Å². The zero-order chi connectivity index (χ0) is 15.2. The molecule has 0 bridgehead atoms. The third-order valence-electron chi connectivity index (χ3n) is 3.14. The molecule has 0 saturated carbocycles. The van der Waals surface area contributed by atoms with Gasteiger partial charge in [-0.25, -0.2) is 0 Å². The monoisotopic (exact) mass is 299 g/mol. The SMILES string of the molecule is Cc1ccsc1C(=O)NC(C)c1ccc(C#CCO)cc1. The second kappa shape index (κ2) is 7.07. The molecule has 1 aromatic heterocycles. The first-order chi connectivity index (χ1) is 10.1. The molecule has 0 aliphatic carbocycles. The number of aliphatic hydroxyl groups excluding tert-OH is 1. The Balaban J connectivity index is 2.05. The molecule has 1 amide bonds. The third kappa shape index (κ3) is 3.94. The smallest absolute Gasteiger partial charge is 0.262 e. The summed E-state index contributed by atoms with van der Waals surface area (Å²) in [6, 6.07) is 9.52. The molecule has 0 fully saturated rings. The summed E-state index contributed by atoms with van der Waals surface area (Å²) in [7, 11) is 0. The van der Waals surface area contributed by atoms with E-state index in [0.29, 0.717) is 0 Å². The van der Waals surface area contributed by atoms with Crippen LogP contribution in [-0.4, -0.2) is 17.6 Å². The minimum Gasteiger partial charge on any atom is -0.384 e. The van der Waals surface area contributed by atoms with Gasteiger partial charge in [0.1, 0.15) is 6.61 Å². The lowest BCUT2D eigenvalue weighted by molar-refractivity contribution is 0.0943. The molecule has 21 heavy (non-hydrogen) atoms. The molecule has 1 unspecified atom stereocenters. The lowest BCUT2D eigenvalue weighted by Gasteiger charge is -2.14. The average molecular weight is 299 g/mol. The number of carbonyl (C=O) groups is 1. The molecule has 0 radical (unpaired) electrons. The fourth-order valence-corrected chi connectivity index (χ4v) is 2.78. The topological polar surface area (TPSA) is 49.3 Å². The van der Waals surface area contributed by atoms with Crippen LogP contribution in [0.15, 0.2) is 35.7 Å². The Labute approximate surface area is 128 Å². The predicted octanol–water partition coefficient (Wildman–Crippen LogP) is 2.89. The van der Waals surface area contributed by atoms with Crippen LogP contribution in [0.2, 0.25) is 0 Å². The van der Waals surface area contributed by atoms with E-state index in [9.17, 15) is 4.79 Å². The van der Waals surface area contributed by atoms with Crippen molar-refractivity contribution in [2.75, 3.05) is 6.61 Å². The number of hydrogen-bond donors (Lipinski definition) is 2. The molecule has 0 aliphatic rings. The zero-order valence-electron chi connectivity index (χ0n) is 12.0. The van der Waals surface area contributed by atoms with Crippen molar-refractivity contribution in [3.63, 3.8) is 0 Å². The van der Waals surface area contributed by atoms with Gasteiger partial charge in [-0.2, -0.15) is 0 Å². The van der Waals surface area contributed by atoms with Gasteiger partial charge in [0.25, 0.3) is 5.91 Å². The quantitative estimate of drug-likeness (QED) is 0.856. The summed E-state index contributed by atoms with van der Waals surface area (Å²) < 4.78 is 0. The van der Waals surface area contributed by atoms with Crippen molar-refractivity contribution in [2.24, 2.45) is 0 Å². The van der Waals surface area contributed by atoms with Crippen molar-refractivity contribution in [3.05, 3.63) is 57.3 Å². The van der Waals surface area contributed by atoms with Gasteiger partial charge in [0.2, 0.25) is 0 Å². The van der Waals surface area contributed by atoms with Crippen LogP contribution in [-0.2, 0) is 0 Å². The van der Waals surface area contributed by atoms with Crippen molar-refractivity contribution >= 4 is 17.2 Å². The highest BCUT2D eigenvalue weighted by atomic mass is 32.1. The Morgan fingerprint density at radius 3 is 2.62 bits per heavy atom. The fraction of sp³-hybridized carbons (Fsp3) is 0.235.